The van der Waals surface area contributed by atoms with Gasteiger partial charge in [-0.25, -0.2) is 4.79 Å². The third-order valence-corrected chi connectivity index (χ3v) is 10.2. The molecular formula is C28H42N2O4S2. The van der Waals surface area contributed by atoms with E-state index in [-0.39, 0.29) is 17.2 Å². The van der Waals surface area contributed by atoms with Crippen LogP contribution in [0.25, 0.3) is 0 Å². The standard InChI is InChI=1S/C28H42N2O4S2/c1-16(2)9-11-19-12-14-21(20(15-19)13-10-17(3)4)35-18(5)23(31)29-28(8)25(34)30-22(24(32)33)27(6,7)36-26(28)30/h12,14-18,22,26H,9-11,13H2,1-8H3,(H,29,31)(H,32,33)/t18?,22-,26+,28-/m0/s1. The molecule has 3 rings (SSSR count). The molecule has 0 spiro atoms. The summed E-state index contributed by atoms with van der Waals surface area (Å²) in [5.74, 6) is -0.283. The number of nitrogens with zero attached hydrogens (tertiary/aromatic N) is 1. The number of aliphatic carboxylic acids is 1. The number of aryl methyl sites for hydroxylation is 2. The van der Waals surface area contributed by atoms with E-state index in [1.807, 2.05) is 20.8 Å². The minimum absolute atomic E-state index is 0.202. The molecule has 0 aliphatic carbocycles. The van der Waals surface area contributed by atoms with Crippen LogP contribution in [0.15, 0.2) is 23.1 Å². The van der Waals surface area contributed by atoms with Crippen molar-refractivity contribution in [2.75, 3.05) is 0 Å². The van der Waals surface area contributed by atoms with Gasteiger partial charge in [-0.05, 0) is 82.4 Å². The van der Waals surface area contributed by atoms with E-state index in [2.05, 4.69) is 51.2 Å². The van der Waals surface area contributed by atoms with Crippen LogP contribution in [0.4, 0.5) is 0 Å². The molecule has 1 unspecified atom stereocenters. The molecular weight excluding hydrogens is 492 g/mol. The lowest BCUT2D eigenvalue weighted by molar-refractivity contribution is -0.167. The fourth-order valence-corrected chi connectivity index (χ4v) is 7.59. The second-order valence-corrected chi connectivity index (χ2v) is 14.9. The number of carbonyl (C=O) groups excluding carboxylic acids is 2. The molecule has 2 aliphatic heterocycles. The van der Waals surface area contributed by atoms with Crippen molar-refractivity contribution in [2.24, 2.45) is 11.8 Å². The van der Waals surface area contributed by atoms with Gasteiger partial charge in [0, 0.05) is 9.64 Å². The highest BCUT2D eigenvalue weighted by Crippen LogP contribution is 2.54. The molecule has 200 valence electrons. The number of hydrogen-bond acceptors (Lipinski definition) is 5. The van der Waals surface area contributed by atoms with Crippen molar-refractivity contribution < 1.29 is 19.5 Å². The zero-order chi connectivity index (χ0) is 27.0. The molecule has 2 fully saturated rings. The van der Waals surface area contributed by atoms with Gasteiger partial charge in [0.1, 0.15) is 17.0 Å². The fraction of sp³-hybridized carbons (Fsp3) is 0.679. The maximum atomic E-state index is 13.3. The summed E-state index contributed by atoms with van der Waals surface area (Å²) in [7, 11) is 0. The van der Waals surface area contributed by atoms with Crippen LogP contribution in [0.5, 0.6) is 0 Å². The predicted molar refractivity (Wildman–Crippen MR) is 148 cm³/mol. The zero-order valence-electron chi connectivity index (χ0n) is 22.9. The third kappa shape index (κ3) is 5.90. The molecule has 2 aliphatic rings. The number of β-lactam (4-membered cyclic amide) rings is 1. The number of benzene rings is 1. The average Bonchev–Trinajstić information content (AvgIpc) is 3.06. The number of thioether (sulfide) groups is 2. The average molecular weight is 535 g/mol. The Morgan fingerprint density at radius 1 is 1.08 bits per heavy atom. The summed E-state index contributed by atoms with van der Waals surface area (Å²) in [5, 5.41) is 11.9. The molecule has 2 heterocycles. The monoisotopic (exact) mass is 534 g/mol. The predicted octanol–water partition coefficient (Wildman–Crippen LogP) is 5.37. The second-order valence-electron chi connectivity index (χ2n) is 11.8. The largest absolute Gasteiger partial charge is 0.480 e. The van der Waals surface area contributed by atoms with Crippen LogP contribution in [0, 0.1) is 11.8 Å². The normalized spacial score (nSPS) is 25.6. The van der Waals surface area contributed by atoms with Gasteiger partial charge in [-0.2, -0.15) is 0 Å². The summed E-state index contributed by atoms with van der Waals surface area (Å²) >= 11 is 2.98. The van der Waals surface area contributed by atoms with E-state index in [1.54, 1.807) is 6.92 Å². The highest BCUT2D eigenvalue weighted by atomic mass is 32.2. The number of nitrogens with one attached hydrogen (secondary N) is 1. The van der Waals surface area contributed by atoms with Gasteiger partial charge in [0.25, 0.3) is 5.91 Å². The van der Waals surface area contributed by atoms with Crippen LogP contribution < -0.4 is 5.32 Å². The Bertz CT molecular complexity index is 1010. The van der Waals surface area contributed by atoms with Crippen molar-refractivity contribution in [1.82, 2.24) is 10.2 Å². The topological polar surface area (TPSA) is 86.7 Å². The van der Waals surface area contributed by atoms with E-state index in [0.717, 1.165) is 30.6 Å². The maximum Gasteiger partial charge on any atom is 0.327 e. The van der Waals surface area contributed by atoms with Gasteiger partial charge in [-0.1, -0.05) is 39.8 Å². The van der Waals surface area contributed by atoms with Gasteiger partial charge in [0.2, 0.25) is 5.91 Å². The Labute approximate surface area is 224 Å². The van der Waals surface area contributed by atoms with E-state index in [0.29, 0.717) is 11.8 Å². The summed E-state index contributed by atoms with van der Waals surface area (Å²) in [4.78, 5) is 40.7. The van der Waals surface area contributed by atoms with Crippen LogP contribution in [0.2, 0.25) is 0 Å². The van der Waals surface area contributed by atoms with Crippen LogP contribution in [-0.4, -0.2) is 54.7 Å². The molecule has 6 nitrogen and oxygen atoms in total. The fourth-order valence-electron chi connectivity index (χ4n) is 4.94. The van der Waals surface area contributed by atoms with Gasteiger partial charge in [-0.15, -0.1) is 23.5 Å². The highest BCUT2D eigenvalue weighted by molar-refractivity contribution is 8.01. The first-order valence-electron chi connectivity index (χ1n) is 13.0. The van der Waals surface area contributed by atoms with Crippen LogP contribution in [0.1, 0.15) is 79.4 Å². The lowest BCUT2D eigenvalue weighted by Crippen LogP contribution is -2.78. The van der Waals surface area contributed by atoms with Crippen molar-refractivity contribution in [1.29, 1.82) is 0 Å². The summed E-state index contributed by atoms with van der Waals surface area (Å²) in [6.07, 6.45) is 4.26. The smallest absolute Gasteiger partial charge is 0.327 e. The van der Waals surface area contributed by atoms with Gasteiger partial charge in [0.15, 0.2) is 0 Å². The molecule has 36 heavy (non-hydrogen) atoms. The lowest BCUT2D eigenvalue weighted by Gasteiger charge is -2.51. The van der Waals surface area contributed by atoms with Gasteiger partial charge < -0.3 is 15.3 Å². The van der Waals surface area contributed by atoms with E-state index in [1.165, 1.54) is 39.6 Å². The van der Waals surface area contributed by atoms with Crippen molar-refractivity contribution in [3.63, 3.8) is 0 Å². The van der Waals surface area contributed by atoms with Crippen molar-refractivity contribution >= 4 is 41.3 Å². The Kier molecular flexibility index (Phi) is 8.81. The summed E-state index contributed by atoms with van der Waals surface area (Å²) < 4.78 is -0.627. The number of rotatable bonds is 11. The van der Waals surface area contributed by atoms with Crippen molar-refractivity contribution in [3.05, 3.63) is 29.3 Å². The molecule has 1 aromatic carbocycles. The first kappa shape index (κ1) is 28.9. The molecule has 2 saturated heterocycles. The molecule has 8 heteroatoms. The Hall–Kier alpha value is -1.67. The number of amides is 2. The van der Waals surface area contributed by atoms with Crippen LogP contribution in [-0.2, 0) is 27.2 Å². The molecule has 0 radical (unpaired) electrons. The second kappa shape index (κ2) is 11.0. The molecule has 1 aromatic rings. The molecule has 4 atom stereocenters. The zero-order valence-corrected chi connectivity index (χ0v) is 24.5. The highest BCUT2D eigenvalue weighted by Gasteiger charge is 2.70. The number of hydrogen-bond donors (Lipinski definition) is 2. The Balaban J connectivity index is 1.72. The quantitative estimate of drug-likeness (QED) is 0.293. The molecule has 0 saturated carbocycles. The minimum atomic E-state index is -1.10. The molecule has 2 N–H and O–H groups in total. The maximum absolute atomic E-state index is 13.3. The molecule has 2 amide bonds. The lowest BCUT2D eigenvalue weighted by atomic mass is 9.86. The van der Waals surface area contributed by atoms with E-state index < -0.39 is 27.5 Å². The number of fused-ring (bicyclic) bond motifs is 1. The van der Waals surface area contributed by atoms with E-state index in [9.17, 15) is 19.5 Å². The number of carboxylic acids is 1. The van der Waals surface area contributed by atoms with E-state index in [4.69, 9.17) is 0 Å². The van der Waals surface area contributed by atoms with Gasteiger partial charge in [0.05, 0.1) is 5.25 Å². The summed E-state index contributed by atoms with van der Waals surface area (Å²) in [5.41, 5.74) is 1.52. The first-order chi connectivity index (χ1) is 16.7. The van der Waals surface area contributed by atoms with Crippen molar-refractivity contribution in [2.45, 2.75) is 113 Å². The van der Waals surface area contributed by atoms with Crippen LogP contribution >= 0.6 is 23.5 Å². The first-order valence-corrected chi connectivity index (χ1v) is 14.8. The summed E-state index contributed by atoms with van der Waals surface area (Å²) in [6, 6.07) is 5.72. The SMILES string of the molecule is CC(C)CCc1ccc(SC(C)C(=O)N[C@@]2(C)C(=O)N3[C@@H](C(=O)O)C(C)(C)S[C@@H]32)c(CCC(C)C)c1. The molecule has 0 aromatic heterocycles. The number of carbonyl (C=O) groups is 3. The number of carboxylic acid groups (broad SMARTS) is 1. The van der Waals surface area contributed by atoms with Gasteiger partial charge >= 0.3 is 5.97 Å². The van der Waals surface area contributed by atoms with Gasteiger partial charge in [-0.3, -0.25) is 9.59 Å². The van der Waals surface area contributed by atoms with Crippen LogP contribution in [0.3, 0.4) is 0 Å². The minimum Gasteiger partial charge on any atom is -0.480 e. The van der Waals surface area contributed by atoms with E-state index >= 15 is 0 Å². The summed E-state index contributed by atoms with van der Waals surface area (Å²) in [6.45, 7) is 16.2. The molecule has 0 bridgehead atoms. The Morgan fingerprint density at radius 3 is 2.28 bits per heavy atom. The van der Waals surface area contributed by atoms with Crippen molar-refractivity contribution in [3.8, 4) is 0 Å². The third-order valence-electron chi connectivity index (χ3n) is 7.19. The Morgan fingerprint density at radius 2 is 1.69 bits per heavy atom.